The van der Waals surface area contributed by atoms with Gasteiger partial charge in [0.15, 0.2) is 11.6 Å². The first-order chi connectivity index (χ1) is 9.36. The van der Waals surface area contributed by atoms with E-state index in [2.05, 4.69) is 10.2 Å². The molecule has 1 heterocycles. The van der Waals surface area contributed by atoms with Crippen LogP contribution in [0.1, 0.15) is 38.1 Å². The van der Waals surface area contributed by atoms with E-state index in [-0.39, 0.29) is 5.41 Å². The van der Waals surface area contributed by atoms with Crippen LogP contribution in [0.2, 0.25) is 0 Å². The predicted molar refractivity (Wildman–Crippen MR) is 74.4 cm³/mol. The maximum Gasteiger partial charge on any atom is 0.226 e. The van der Waals surface area contributed by atoms with Crippen molar-refractivity contribution < 1.29 is 13.2 Å². The lowest BCUT2D eigenvalue weighted by Gasteiger charge is -2.10. The predicted octanol–water partition coefficient (Wildman–Crippen LogP) is 4.08. The standard InChI is InChI=1S/C14H16F2N2OS/c1-14(2,3)13-18-17-12(19-13)8-20-7-9-4-5-10(15)11(16)6-9/h4-6H,7-8H2,1-3H3. The molecule has 6 heteroatoms. The lowest BCUT2D eigenvalue weighted by molar-refractivity contribution is 0.378. The minimum atomic E-state index is -0.828. The number of aromatic nitrogens is 2. The van der Waals surface area contributed by atoms with Crippen LogP contribution < -0.4 is 0 Å². The molecule has 20 heavy (non-hydrogen) atoms. The number of benzene rings is 1. The van der Waals surface area contributed by atoms with Crippen LogP contribution in [-0.4, -0.2) is 10.2 Å². The van der Waals surface area contributed by atoms with Gasteiger partial charge in [0.05, 0.1) is 5.75 Å². The molecule has 0 fully saturated rings. The van der Waals surface area contributed by atoms with E-state index in [9.17, 15) is 8.78 Å². The molecule has 0 aliphatic carbocycles. The number of halogens is 2. The Hall–Kier alpha value is -1.43. The molecule has 0 saturated heterocycles. The zero-order valence-electron chi connectivity index (χ0n) is 11.6. The summed E-state index contributed by atoms with van der Waals surface area (Å²) >= 11 is 1.51. The highest BCUT2D eigenvalue weighted by Crippen LogP contribution is 2.23. The van der Waals surface area contributed by atoms with Gasteiger partial charge in [0, 0.05) is 11.2 Å². The largest absolute Gasteiger partial charge is 0.424 e. The number of rotatable bonds is 4. The van der Waals surface area contributed by atoms with Crippen LogP contribution in [0.4, 0.5) is 8.78 Å². The molecule has 0 atom stereocenters. The number of hydrogen-bond donors (Lipinski definition) is 0. The van der Waals surface area contributed by atoms with E-state index in [0.717, 1.165) is 11.6 Å². The van der Waals surface area contributed by atoms with Crippen molar-refractivity contribution in [2.45, 2.75) is 37.7 Å². The van der Waals surface area contributed by atoms with Crippen molar-refractivity contribution in [2.75, 3.05) is 0 Å². The van der Waals surface area contributed by atoms with Crippen molar-refractivity contribution >= 4 is 11.8 Å². The Labute approximate surface area is 120 Å². The molecule has 0 unspecified atom stereocenters. The maximum atomic E-state index is 13.0. The van der Waals surface area contributed by atoms with Gasteiger partial charge in [-0.25, -0.2) is 8.78 Å². The molecule has 0 amide bonds. The molecule has 1 aromatic heterocycles. The Morgan fingerprint density at radius 1 is 1.10 bits per heavy atom. The van der Waals surface area contributed by atoms with Gasteiger partial charge in [-0.05, 0) is 17.7 Å². The highest BCUT2D eigenvalue weighted by Gasteiger charge is 2.21. The van der Waals surface area contributed by atoms with Gasteiger partial charge in [0.2, 0.25) is 11.8 Å². The second kappa shape index (κ2) is 5.91. The molecule has 0 aliphatic heterocycles. The van der Waals surface area contributed by atoms with Gasteiger partial charge >= 0.3 is 0 Å². The summed E-state index contributed by atoms with van der Waals surface area (Å²) in [6.07, 6.45) is 0. The number of hydrogen-bond acceptors (Lipinski definition) is 4. The third-order valence-corrected chi connectivity index (χ3v) is 3.58. The van der Waals surface area contributed by atoms with E-state index in [0.29, 0.717) is 23.3 Å². The molecule has 0 N–H and O–H groups in total. The lowest BCUT2D eigenvalue weighted by Crippen LogP contribution is -2.11. The van der Waals surface area contributed by atoms with E-state index < -0.39 is 11.6 Å². The molecule has 2 rings (SSSR count). The highest BCUT2D eigenvalue weighted by atomic mass is 32.2. The van der Waals surface area contributed by atoms with Crippen LogP contribution in [-0.2, 0) is 16.9 Å². The SMILES string of the molecule is CC(C)(C)c1nnc(CSCc2ccc(F)c(F)c2)o1. The summed E-state index contributed by atoms with van der Waals surface area (Å²) in [5, 5.41) is 7.97. The van der Waals surface area contributed by atoms with E-state index in [1.807, 2.05) is 20.8 Å². The van der Waals surface area contributed by atoms with E-state index >= 15 is 0 Å². The van der Waals surface area contributed by atoms with Crippen molar-refractivity contribution in [1.82, 2.24) is 10.2 Å². The molecule has 0 bridgehead atoms. The molecule has 2 aromatic rings. The zero-order valence-corrected chi connectivity index (χ0v) is 12.4. The molecule has 0 aliphatic rings. The highest BCUT2D eigenvalue weighted by molar-refractivity contribution is 7.97. The molecular formula is C14H16F2N2OS. The molecule has 0 radical (unpaired) electrons. The fourth-order valence-electron chi connectivity index (χ4n) is 1.50. The van der Waals surface area contributed by atoms with Crippen molar-refractivity contribution in [3.05, 3.63) is 47.2 Å². The second-order valence-corrected chi connectivity index (χ2v) is 6.48. The third-order valence-electron chi connectivity index (χ3n) is 2.59. The minimum absolute atomic E-state index is 0.171. The Morgan fingerprint density at radius 3 is 2.45 bits per heavy atom. The Morgan fingerprint density at radius 2 is 1.85 bits per heavy atom. The minimum Gasteiger partial charge on any atom is -0.424 e. The fourth-order valence-corrected chi connectivity index (χ4v) is 2.31. The van der Waals surface area contributed by atoms with Gasteiger partial charge in [0.1, 0.15) is 0 Å². The van der Waals surface area contributed by atoms with Crippen LogP contribution in [0.15, 0.2) is 22.6 Å². The monoisotopic (exact) mass is 298 g/mol. The van der Waals surface area contributed by atoms with Crippen LogP contribution >= 0.6 is 11.8 Å². The summed E-state index contributed by atoms with van der Waals surface area (Å²) in [4.78, 5) is 0. The lowest BCUT2D eigenvalue weighted by atomic mass is 9.97. The van der Waals surface area contributed by atoms with Crippen LogP contribution in [0.3, 0.4) is 0 Å². The van der Waals surface area contributed by atoms with E-state index in [1.54, 1.807) is 6.07 Å². The first-order valence-corrected chi connectivity index (χ1v) is 7.36. The smallest absolute Gasteiger partial charge is 0.226 e. The first kappa shape index (κ1) is 15.0. The fraction of sp³-hybridized carbons (Fsp3) is 0.429. The summed E-state index contributed by atoms with van der Waals surface area (Å²) in [5.74, 6) is 0.594. The Balaban J connectivity index is 1.89. The normalized spacial score (nSPS) is 11.8. The summed E-state index contributed by atoms with van der Waals surface area (Å²) < 4.78 is 31.4. The average molecular weight is 298 g/mol. The maximum absolute atomic E-state index is 13.0. The van der Waals surface area contributed by atoms with Gasteiger partial charge in [0.25, 0.3) is 0 Å². The van der Waals surface area contributed by atoms with Crippen LogP contribution in [0, 0.1) is 11.6 Å². The average Bonchev–Trinajstić information content (AvgIpc) is 2.82. The topological polar surface area (TPSA) is 38.9 Å². The Bertz CT molecular complexity index is 593. The summed E-state index contributed by atoms with van der Waals surface area (Å²) in [5.41, 5.74) is 0.556. The van der Waals surface area contributed by atoms with Gasteiger partial charge < -0.3 is 4.42 Å². The van der Waals surface area contributed by atoms with Gasteiger partial charge in [-0.3, -0.25) is 0 Å². The number of thioether (sulfide) groups is 1. The van der Waals surface area contributed by atoms with Crippen molar-refractivity contribution in [2.24, 2.45) is 0 Å². The summed E-state index contributed by atoms with van der Waals surface area (Å²) in [7, 11) is 0. The van der Waals surface area contributed by atoms with Crippen molar-refractivity contribution in [3.63, 3.8) is 0 Å². The Kier molecular flexibility index (Phi) is 4.42. The molecule has 0 spiro atoms. The second-order valence-electron chi connectivity index (χ2n) is 5.49. The first-order valence-electron chi connectivity index (χ1n) is 6.21. The zero-order chi connectivity index (χ0) is 14.8. The number of nitrogens with zero attached hydrogens (tertiary/aromatic N) is 2. The molecule has 108 valence electrons. The summed E-state index contributed by atoms with van der Waals surface area (Å²) in [6, 6.07) is 3.91. The van der Waals surface area contributed by atoms with Crippen molar-refractivity contribution in [3.8, 4) is 0 Å². The van der Waals surface area contributed by atoms with Gasteiger partial charge in [-0.15, -0.1) is 22.0 Å². The molecule has 1 aromatic carbocycles. The quantitative estimate of drug-likeness (QED) is 0.852. The molecule has 3 nitrogen and oxygen atoms in total. The third kappa shape index (κ3) is 3.79. The van der Waals surface area contributed by atoms with Crippen LogP contribution in [0.25, 0.3) is 0 Å². The van der Waals surface area contributed by atoms with E-state index in [4.69, 9.17) is 4.42 Å². The van der Waals surface area contributed by atoms with Gasteiger partial charge in [-0.2, -0.15) is 0 Å². The van der Waals surface area contributed by atoms with Crippen molar-refractivity contribution in [1.29, 1.82) is 0 Å². The van der Waals surface area contributed by atoms with E-state index in [1.165, 1.54) is 17.8 Å². The van der Waals surface area contributed by atoms with Crippen LogP contribution in [0.5, 0.6) is 0 Å². The van der Waals surface area contributed by atoms with Gasteiger partial charge in [-0.1, -0.05) is 26.8 Å². The summed E-state index contributed by atoms with van der Waals surface area (Å²) in [6.45, 7) is 6.00. The molecule has 0 saturated carbocycles. The molecular weight excluding hydrogens is 282 g/mol.